The number of hydrogen-bond donors (Lipinski definition) is 4. The van der Waals surface area contributed by atoms with Gasteiger partial charge in [0.1, 0.15) is 12.3 Å². The van der Waals surface area contributed by atoms with Gasteiger partial charge in [0.2, 0.25) is 5.95 Å². The molecule has 2 aromatic heterocycles. The van der Waals surface area contributed by atoms with Crippen molar-refractivity contribution in [2.45, 2.75) is 24.9 Å². The van der Waals surface area contributed by atoms with Crippen LogP contribution in [-0.4, -0.2) is 59.9 Å². The molecule has 3 atom stereocenters. The number of nitrogens with one attached hydrogen (secondary N) is 1. The molecule has 1 aliphatic rings. The highest BCUT2D eigenvalue weighted by atomic mass is 31.2. The summed E-state index contributed by atoms with van der Waals surface area (Å²) in [5, 5.41) is 12.9. The molecule has 3 rings (SSSR count). The van der Waals surface area contributed by atoms with Crippen molar-refractivity contribution < 1.29 is 28.7 Å². The van der Waals surface area contributed by atoms with Gasteiger partial charge in [-0.25, -0.2) is 9.55 Å². The van der Waals surface area contributed by atoms with E-state index in [9.17, 15) is 14.5 Å². The van der Waals surface area contributed by atoms with Gasteiger partial charge in [-0.3, -0.25) is 18.5 Å². The fraction of sp³-hybridized carbons (Fsp3) is 0.583. The molecule has 0 radical (unpaired) electrons. The number of hydrogen-bond acceptors (Lipinski definition) is 8. The van der Waals surface area contributed by atoms with Gasteiger partial charge in [0.25, 0.3) is 0 Å². The average Bonchev–Trinajstić information content (AvgIpc) is 3.12. The summed E-state index contributed by atoms with van der Waals surface area (Å²) < 4.78 is 24.0. The number of phosphoric acid groups is 1. The van der Waals surface area contributed by atoms with Gasteiger partial charge in [0.05, 0.1) is 19.0 Å². The Labute approximate surface area is 141 Å². The normalized spacial score (nSPS) is 24.1. The number of ether oxygens (including phenoxy) is 1. The van der Waals surface area contributed by atoms with E-state index in [4.69, 9.17) is 14.5 Å². The van der Waals surface area contributed by atoms with Crippen LogP contribution >= 0.6 is 7.82 Å². The van der Waals surface area contributed by atoms with Crippen LogP contribution in [0.25, 0.3) is 11.2 Å². The van der Waals surface area contributed by atoms with E-state index in [2.05, 4.69) is 19.8 Å². The van der Waals surface area contributed by atoms with Crippen LogP contribution < -0.4 is 10.9 Å². The van der Waals surface area contributed by atoms with E-state index in [1.807, 2.05) is 0 Å². The Kier molecular flexibility index (Phi) is 4.66. The van der Waals surface area contributed by atoms with Gasteiger partial charge in [-0.2, -0.15) is 4.98 Å². The lowest BCUT2D eigenvalue weighted by molar-refractivity contribution is -0.0425. The minimum atomic E-state index is -4.66. The third kappa shape index (κ3) is 3.45. The van der Waals surface area contributed by atoms with E-state index in [0.717, 1.165) is 0 Å². The van der Waals surface area contributed by atoms with Gasteiger partial charge >= 0.3 is 13.4 Å². The fourth-order valence-corrected chi connectivity index (χ4v) is 3.14. The van der Waals surface area contributed by atoms with E-state index in [1.54, 1.807) is 23.2 Å². The summed E-state index contributed by atoms with van der Waals surface area (Å²) in [6, 6.07) is 0. The topological polar surface area (TPSA) is 161 Å². The van der Waals surface area contributed by atoms with Crippen LogP contribution in [0.15, 0.2) is 11.1 Å². The van der Waals surface area contributed by atoms with Gasteiger partial charge < -0.3 is 24.9 Å². The maximum Gasteiger partial charge on any atom is 0.469 e. The van der Waals surface area contributed by atoms with Crippen molar-refractivity contribution in [2.24, 2.45) is 7.05 Å². The number of anilines is 1. The molecular weight excluding hydrogens is 357 g/mol. The van der Waals surface area contributed by atoms with Crippen LogP contribution in [0.4, 0.5) is 5.95 Å². The number of nitrogens with zero attached hydrogens (tertiary/aromatic N) is 4. The first kappa shape index (κ1) is 18.0. The third-order valence-electron chi connectivity index (χ3n) is 3.96. The highest BCUT2D eigenvalue weighted by Crippen LogP contribution is 2.38. The van der Waals surface area contributed by atoms with Crippen LogP contribution in [0.5, 0.6) is 0 Å². The number of aromatic nitrogens is 4. The maximum atomic E-state index is 12.0. The Balaban J connectivity index is 1.91. The molecule has 0 amide bonds. The molecule has 25 heavy (non-hydrogen) atoms. The first-order valence-corrected chi connectivity index (χ1v) is 8.89. The van der Waals surface area contributed by atoms with Gasteiger partial charge in [-0.05, 0) is 0 Å². The monoisotopic (exact) mass is 375 g/mol. The Morgan fingerprint density at radius 1 is 1.52 bits per heavy atom. The molecule has 4 N–H and O–H groups in total. The molecule has 0 spiro atoms. The number of rotatable bonds is 5. The lowest BCUT2D eigenvalue weighted by Gasteiger charge is -2.17. The summed E-state index contributed by atoms with van der Waals surface area (Å²) in [5.41, 5.74) is 0.0868. The molecule has 2 aromatic rings. The summed E-state index contributed by atoms with van der Waals surface area (Å²) in [5.74, 6) is 0.333. The molecule has 3 heterocycles. The number of aryl methyl sites for hydroxylation is 1. The number of aliphatic hydroxyl groups excluding tert-OH is 1. The van der Waals surface area contributed by atoms with Gasteiger partial charge in [-0.1, -0.05) is 0 Å². The second-order valence-corrected chi connectivity index (χ2v) is 6.83. The molecule has 1 saturated heterocycles. The van der Waals surface area contributed by atoms with Gasteiger partial charge in [0.15, 0.2) is 11.2 Å². The van der Waals surface area contributed by atoms with Crippen LogP contribution in [0.2, 0.25) is 0 Å². The number of fused-ring (bicyclic) bond motifs is 1. The zero-order chi connectivity index (χ0) is 18.4. The molecule has 0 saturated carbocycles. The maximum absolute atomic E-state index is 12.0. The molecular formula is C12H18N5O7P. The van der Waals surface area contributed by atoms with Crippen LogP contribution in [-0.2, 0) is 20.9 Å². The van der Waals surface area contributed by atoms with Crippen molar-refractivity contribution >= 4 is 24.9 Å². The van der Waals surface area contributed by atoms with Gasteiger partial charge in [-0.15, -0.1) is 0 Å². The predicted octanol–water partition coefficient (Wildman–Crippen LogP) is -1.07. The van der Waals surface area contributed by atoms with Crippen molar-refractivity contribution in [2.75, 3.05) is 19.0 Å². The summed E-state index contributed by atoms with van der Waals surface area (Å²) in [7, 11) is -1.34. The SMILES string of the molecule is CNc1nc(=O)c2ncn([C@H]3C[C@H](O)[C@@H](COP(=O)(O)O)O3)c2n1C. The Morgan fingerprint density at radius 2 is 2.24 bits per heavy atom. The molecule has 0 bridgehead atoms. The van der Waals surface area contributed by atoms with Crippen LogP contribution in [0, 0.1) is 0 Å². The second-order valence-electron chi connectivity index (χ2n) is 5.59. The first-order valence-electron chi connectivity index (χ1n) is 7.36. The highest BCUT2D eigenvalue weighted by molar-refractivity contribution is 7.46. The Bertz CT molecular complexity index is 890. The summed E-state index contributed by atoms with van der Waals surface area (Å²) in [6.45, 7) is -0.461. The molecule has 138 valence electrons. The number of aliphatic hydroxyl groups is 1. The number of phosphoric ester groups is 1. The minimum absolute atomic E-state index is 0.145. The minimum Gasteiger partial charge on any atom is -0.390 e. The Morgan fingerprint density at radius 3 is 2.88 bits per heavy atom. The predicted molar refractivity (Wildman–Crippen MR) is 84.8 cm³/mol. The lowest BCUT2D eigenvalue weighted by Crippen LogP contribution is -2.26. The van der Waals surface area contributed by atoms with Gasteiger partial charge in [0, 0.05) is 20.5 Å². The second kappa shape index (κ2) is 6.48. The average molecular weight is 375 g/mol. The van der Waals surface area contributed by atoms with Crippen molar-refractivity contribution in [1.82, 2.24) is 19.1 Å². The smallest absolute Gasteiger partial charge is 0.390 e. The third-order valence-corrected chi connectivity index (χ3v) is 4.44. The fourth-order valence-electron chi connectivity index (χ4n) is 2.80. The molecule has 13 heteroatoms. The van der Waals surface area contributed by atoms with Crippen LogP contribution in [0.3, 0.4) is 0 Å². The quantitative estimate of drug-likeness (QED) is 0.474. The zero-order valence-electron chi connectivity index (χ0n) is 13.4. The largest absolute Gasteiger partial charge is 0.469 e. The molecule has 0 aromatic carbocycles. The van der Waals surface area contributed by atoms with Crippen molar-refractivity contribution in [1.29, 1.82) is 0 Å². The Hall–Kier alpha value is -1.82. The van der Waals surface area contributed by atoms with E-state index in [1.165, 1.54) is 6.33 Å². The van der Waals surface area contributed by atoms with Crippen LogP contribution in [0.1, 0.15) is 12.6 Å². The van der Waals surface area contributed by atoms with E-state index in [0.29, 0.717) is 11.6 Å². The van der Waals surface area contributed by atoms with E-state index in [-0.39, 0.29) is 11.9 Å². The highest BCUT2D eigenvalue weighted by Gasteiger charge is 2.37. The molecule has 1 fully saturated rings. The summed E-state index contributed by atoms with van der Waals surface area (Å²) >= 11 is 0. The van der Waals surface area contributed by atoms with Crippen molar-refractivity contribution in [3.63, 3.8) is 0 Å². The molecule has 12 nitrogen and oxygen atoms in total. The number of imidazole rings is 1. The standard InChI is InChI=1S/C12H18N5O7P/c1-13-12-15-10(19)9-11(16(12)2)17(5-14-9)8-3-6(18)7(24-8)4-23-25(20,21)22/h5-8,18H,3-4H2,1-2H3,(H,13,15,19)(H2,20,21,22)/t6-,7+,8+/m0/s1. The lowest BCUT2D eigenvalue weighted by atomic mass is 10.2. The molecule has 0 aliphatic carbocycles. The molecule has 0 unspecified atom stereocenters. The van der Waals surface area contributed by atoms with Crippen molar-refractivity contribution in [3.8, 4) is 0 Å². The van der Waals surface area contributed by atoms with E-state index >= 15 is 0 Å². The summed E-state index contributed by atoms with van der Waals surface area (Å²) in [4.78, 5) is 37.5. The van der Waals surface area contributed by atoms with Crippen molar-refractivity contribution in [3.05, 3.63) is 16.7 Å². The molecule has 1 aliphatic heterocycles. The summed E-state index contributed by atoms with van der Waals surface area (Å²) in [6.07, 6.45) is -1.04. The van der Waals surface area contributed by atoms with E-state index < -0.39 is 38.4 Å². The first-order chi connectivity index (χ1) is 11.7. The zero-order valence-corrected chi connectivity index (χ0v) is 14.3.